The number of hydrogen-bond donors (Lipinski definition) is 0. The number of nitrogens with zero attached hydrogens (tertiary/aromatic N) is 5. The van der Waals surface area contributed by atoms with Crippen molar-refractivity contribution < 1.29 is 9.47 Å². The first-order chi connectivity index (χ1) is 13.8. The van der Waals surface area contributed by atoms with Crippen molar-refractivity contribution in [2.45, 2.75) is 70.3 Å². The first kappa shape index (κ1) is 18.9. The van der Waals surface area contributed by atoms with Gasteiger partial charge in [-0.3, -0.25) is 0 Å². The predicted octanol–water partition coefficient (Wildman–Crippen LogP) is 4.20. The minimum atomic E-state index is 0.489. The van der Waals surface area contributed by atoms with Crippen LogP contribution in [0, 0.1) is 0 Å². The highest BCUT2D eigenvalue weighted by Crippen LogP contribution is 2.33. The molecular weight excluding hydrogens is 354 g/mol. The number of benzene rings is 1. The zero-order valence-electron chi connectivity index (χ0n) is 16.6. The van der Waals surface area contributed by atoms with Gasteiger partial charge < -0.3 is 9.47 Å². The van der Waals surface area contributed by atoms with Gasteiger partial charge in [0, 0.05) is 18.4 Å². The Labute approximate surface area is 166 Å². The Morgan fingerprint density at radius 1 is 1.11 bits per heavy atom. The van der Waals surface area contributed by atoms with E-state index in [4.69, 9.17) is 9.47 Å². The lowest BCUT2D eigenvalue weighted by Crippen LogP contribution is -2.17. The van der Waals surface area contributed by atoms with Gasteiger partial charge in [-0.15, -0.1) is 5.10 Å². The minimum absolute atomic E-state index is 0.489. The van der Waals surface area contributed by atoms with Crippen molar-refractivity contribution in [2.24, 2.45) is 4.99 Å². The van der Waals surface area contributed by atoms with Crippen molar-refractivity contribution in [3.63, 3.8) is 0 Å². The average molecular weight is 383 g/mol. The van der Waals surface area contributed by atoms with Crippen molar-refractivity contribution in [1.82, 2.24) is 20.2 Å². The van der Waals surface area contributed by atoms with Gasteiger partial charge >= 0.3 is 0 Å². The van der Waals surface area contributed by atoms with E-state index in [9.17, 15) is 0 Å². The minimum Gasteiger partial charge on any atom is -0.493 e. The zero-order chi connectivity index (χ0) is 19.2. The smallest absolute Gasteiger partial charge is 0.188 e. The number of hydrogen-bond acceptors (Lipinski definition) is 6. The van der Waals surface area contributed by atoms with E-state index in [1.807, 2.05) is 18.2 Å². The number of methoxy groups -OCH3 is 1. The van der Waals surface area contributed by atoms with E-state index in [-0.39, 0.29) is 0 Å². The van der Waals surface area contributed by atoms with Crippen LogP contribution in [0.4, 0.5) is 5.69 Å². The highest BCUT2D eigenvalue weighted by Gasteiger charge is 2.20. The Morgan fingerprint density at radius 2 is 2.00 bits per heavy atom. The molecule has 4 rings (SSSR count). The highest BCUT2D eigenvalue weighted by atomic mass is 16.5. The van der Waals surface area contributed by atoms with Gasteiger partial charge in [-0.05, 0) is 54.7 Å². The lowest BCUT2D eigenvalue weighted by atomic mass is 9.95. The van der Waals surface area contributed by atoms with Crippen LogP contribution < -0.4 is 4.74 Å². The second-order valence-corrected chi connectivity index (χ2v) is 7.60. The van der Waals surface area contributed by atoms with Crippen LogP contribution in [-0.2, 0) is 17.6 Å². The molecule has 28 heavy (non-hydrogen) atoms. The monoisotopic (exact) mass is 383 g/mol. The van der Waals surface area contributed by atoms with E-state index >= 15 is 0 Å². The van der Waals surface area contributed by atoms with E-state index in [2.05, 4.69) is 25.2 Å². The molecule has 0 atom stereocenters. The van der Waals surface area contributed by atoms with Crippen LogP contribution in [0.5, 0.6) is 5.75 Å². The number of tetrazole rings is 1. The lowest BCUT2D eigenvalue weighted by molar-refractivity contribution is 0.298. The molecule has 1 aromatic carbocycles. The summed E-state index contributed by atoms with van der Waals surface area (Å²) < 4.78 is 13.4. The second-order valence-electron chi connectivity index (χ2n) is 7.60. The van der Waals surface area contributed by atoms with Crippen molar-refractivity contribution in [3.05, 3.63) is 29.6 Å². The standard InChI is InChI=1S/C21H29N5O2/c1-27-21-14-13-17-18(22-21)10-7-11-19(17)28-15-6-5-12-20-23-24-25-26(20)16-8-3-2-4-9-16/h7,10-11,16H,2-6,8-9,12-15H2,1H3. The van der Waals surface area contributed by atoms with Gasteiger partial charge in [0.1, 0.15) is 5.75 Å². The van der Waals surface area contributed by atoms with Gasteiger partial charge in [-0.2, -0.15) is 0 Å². The average Bonchev–Trinajstić information content (AvgIpc) is 3.22. The Balaban J connectivity index is 1.26. The first-order valence-corrected chi connectivity index (χ1v) is 10.5. The molecule has 0 saturated heterocycles. The molecule has 0 amide bonds. The van der Waals surface area contributed by atoms with Gasteiger partial charge in [0.2, 0.25) is 0 Å². The molecule has 7 heteroatoms. The Kier molecular flexibility index (Phi) is 6.19. The molecule has 150 valence electrons. The third-order valence-corrected chi connectivity index (χ3v) is 5.71. The molecule has 0 bridgehead atoms. The molecule has 2 heterocycles. The molecule has 2 aliphatic rings. The predicted molar refractivity (Wildman–Crippen MR) is 107 cm³/mol. The van der Waals surface area contributed by atoms with E-state index in [0.717, 1.165) is 55.3 Å². The maximum atomic E-state index is 6.07. The summed E-state index contributed by atoms with van der Waals surface area (Å²) in [7, 11) is 1.68. The number of aromatic nitrogens is 4. The Morgan fingerprint density at radius 3 is 2.86 bits per heavy atom. The summed E-state index contributed by atoms with van der Waals surface area (Å²) in [4.78, 5) is 4.55. The summed E-state index contributed by atoms with van der Waals surface area (Å²) in [6.45, 7) is 0.697. The summed E-state index contributed by atoms with van der Waals surface area (Å²) in [5.74, 6) is 2.76. The molecule has 1 aliphatic heterocycles. The van der Waals surface area contributed by atoms with Gasteiger partial charge in [0.15, 0.2) is 11.7 Å². The molecule has 1 fully saturated rings. The van der Waals surface area contributed by atoms with Crippen molar-refractivity contribution in [2.75, 3.05) is 13.7 Å². The summed E-state index contributed by atoms with van der Waals surface area (Å²) in [5, 5.41) is 12.4. The molecule has 1 aromatic heterocycles. The van der Waals surface area contributed by atoms with Crippen LogP contribution >= 0.6 is 0 Å². The molecule has 0 unspecified atom stereocenters. The van der Waals surface area contributed by atoms with Gasteiger partial charge in [-0.25, -0.2) is 9.67 Å². The number of fused-ring (bicyclic) bond motifs is 1. The van der Waals surface area contributed by atoms with Crippen LogP contribution in [0.25, 0.3) is 0 Å². The topological polar surface area (TPSA) is 74.4 Å². The van der Waals surface area contributed by atoms with E-state index in [0.29, 0.717) is 12.6 Å². The van der Waals surface area contributed by atoms with Crippen LogP contribution in [-0.4, -0.2) is 39.8 Å². The fraction of sp³-hybridized carbons (Fsp3) is 0.619. The normalized spacial score (nSPS) is 17.1. The fourth-order valence-corrected chi connectivity index (χ4v) is 4.17. The molecule has 1 saturated carbocycles. The fourth-order valence-electron chi connectivity index (χ4n) is 4.17. The Bertz CT molecular complexity index is 811. The van der Waals surface area contributed by atoms with Crippen molar-refractivity contribution in [1.29, 1.82) is 0 Å². The maximum Gasteiger partial charge on any atom is 0.188 e. The molecule has 0 radical (unpaired) electrons. The summed E-state index contributed by atoms with van der Waals surface area (Å²) in [5.41, 5.74) is 2.15. The van der Waals surface area contributed by atoms with E-state index in [1.54, 1.807) is 7.11 Å². The molecular formula is C21H29N5O2. The van der Waals surface area contributed by atoms with Gasteiger partial charge in [0.25, 0.3) is 0 Å². The first-order valence-electron chi connectivity index (χ1n) is 10.5. The van der Waals surface area contributed by atoms with Crippen molar-refractivity contribution >= 4 is 11.6 Å². The molecule has 1 aliphatic carbocycles. The largest absolute Gasteiger partial charge is 0.493 e. The number of aliphatic imine (C=N–C) groups is 1. The third kappa shape index (κ3) is 4.34. The number of aryl methyl sites for hydroxylation is 1. The highest BCUT2D eigenvalue weighted by molar-refractivity contribution is 5.82. The van der Waals surface area contributed by atoms with Gasteiger partial charge in [0.05, 0.1) is 25.4 Å². The third-order valence-electron chi connectivity index (χ3n) is 5.71. The SMILES string of the molecule is COC1=Nc2cccc(OCCCCc3nnnn3C3CCCCC3)c2CC1. The molecule has 7 nitrogen and oxygen atoms in total. The van der Waals surface area contributed by atoms with Crippen LogP contribution in [0.15, 0.2) is 23.2 Å². The number of rotatable bonds is 7. The summed E-state index contributed by atoms with van der Waals surface area (Å²) in [6, 6.07) is 6.54. The molecule has 2 aromatic rings. The summed E-state index contributed by atoms with van der Waals surface area (Å²) in [6.07, 6.45) is 11.0. The van der Waals surface area contributed by atoms with E-state index in [1.165, 1.54) is 37.7 Å². The van der Waals surface area contributed by atoms with Crippen LogP contribution in [0.1, 0.15) is 68.8 Å². The maximum absolute atomic E-state index is 6.07. The summed E-state index contributed by atoms with van der Waals surface area (Å²) >= 11 is 0. The quantitative estimate of drug-likeness (QED) is 0.670. The number of unbranched alkanes of at least 4 members (excludes halogenated alkanes) is 1. The lowest BCUT2D eigenvalue weighted by Gasteiger charge is -2.22. The second kappa shape index (κ2) is 9.17. The zero-order valence-corrected chi connectivity index (χ0v) is 16.6. The van der Waals surface area contributed by atoms with Crippen LogP contribution in [0.3, 0.4) is 0 Å². The van der Waals surface area contributed by atoms with Gasteiger partial charge in [-0.1, -0.05) is 25.3 Å². The van der Waals surface area contributed by atoms with E-state index < -0.39 is 0 Å². The molecule has 0 N–H and O–H groups in total. The Hall–Kier alpha value is -2.44. The molecule has 0 spiro atoms. The number of ether oxygens (including phenoxy) is 2. The van der Waals surface area contributed by atoms with Crippen LogP contribution in [0.2, 0.25) is 0 Å². The van der Waals surface area contributed by atoms with Crippen molar-refractivity contribution in [3.8, 4) is 5.75 Å².